The molecular formula is C14H21ClN2O2S. The van der Waals surface area contributed by atoms with Crippen LogP contribution in [0.1, 0.15) is 30.7 Å². The number of nitrogens with one attached hydrogen (secondary N) is 1. The Bertz CT molecular complexity index is 444. The number of carbonyl (C=O) groups excluding carboxylic acids is 1. The van der Waals surface area contributed by atoms with Crippen LogP contribution in [0.3, 0.4) is 0 Å². The molecule has 1 aliphatic heterocycles. The van der Waals surface area contributed by atoms with Crippen LogP contribution in [0.15, 0.2) is 12.1 Å². The molecule has 2 rings (SSSR count). The zero-order valence-electron chi connectivity index (χ0n) is 11.9. The molecule has 1 fully saturated rings. The largest absolute Gasteiger partial charge is 0.375 e. The average molecular weight is 317 g/mol. The van der Waals surface area contributed by atoms with E-state index in [-0.39, 0.29) is 12.5 Å². The van der Waals surface area contributed by atoms with Crippen molar-refractivity contribution in [3.8, 4) is 0 Å². The Balaban J connectivity index is 1.78. The van der Waals surface area contributed by atoms with Gasteiger partial charge in [0.05, 0.1) is 4.34 Å². The van der Waals surface area contributed by atoms with Crippen molar-refractivity contribution in [1.82, 2.24) is 10.2 Å². The van der Waals surface area contributed by atoms with Crippen molar-refractivity contribution in [2.45, 2.75) is 31.8 Å². The lowest BCUT2D eigenvalue weighted by molar-refractivity contribution is -0.136. The number of hydrogen-bond donors (Lipinski definition) is 1. The minimum atomic E-state index is 0.0871. The highest BCUT2D eigenvalue weighted by molar-refractivity contribution is 7.16. The molecule has 4 nitrogen and oxygen atoms in total. The molecule has 112 valence electrons. The van der Waals surface area contributed by atoms with Gasteiger partial charge in [-0.05, 0) is 31.9 Å². The first-order chi connectivity index (χ1) is 9.60. The molecule has 0 radical (unpaired) electrons. The summed E-state index contributed by atoms with van der Waals surface area (Å²) in [7, 11) is 1.56. The molecule has 1 amide bonds. The lowest BCUT2D eigenvalue weighted by Gasteiger charge is -2.33. The fourth-order valence-corrected chi connectivity index (χ4v) is 3.58. The van der Waals surface area contributed by atoms with E-state index in [9.17, 15) is 4.79 Å². The van der Waals surface area contributed by atoms with E-state index in [1.165, 1.54) is 4.88 Å². The molecule has 2 heterocycles. The van der Waals surface area contributed by atoms with Gasteiger partial charge in [-0.1, -0.05) is 11.6 Å². The van der Waals surface area contributed by atoms with E-state index in [1.807, 2.05) is 11.0 Å². The van der Waals surface area contributed by atoms with Crippen LogP contribution in [0.4, 0.5) is 0 Å². The topological polar surface area (TPSA) is 41.6 Å². The maximum Gasteiger partial charge on any atom is 0.248 e. The van der Waals surface area contributed by atoms with Crippen molar-refractivity contribution in [2.75, 3.05) is 26.8 Å². The molecule has 1 N–H and O–H groups in total. The van der Waals surface area contributed by atoms with Crippen molar-refractivity contribution in [2.24, 2.45) is 0 Å². The number of rotatable bonds is 5. The fourth-order valence-electron chi connectivity index (χ4n) is 2.51. The van der Waals surface area contributed by atoms with Crippen LogP contribution >= 0.6 is 22.9 Å². The van der Waals surface area contributed by atoms with Crippen LogP contribution in [0.2, 0.25) is 4.34 Å². The summed E-state index contributed by atoms with van der Waals surface area (Å²) < 4.78 is 5.72. The fraction of sp³-hybridized carbons (Fsp3) is 0.643. The number of hydrogen-bond acceptors (Lipinski definition) is 4. The predicted octanol–water partition coefficient (Wildman–Crippen LogP) is 2.69. The van der Waals surface area contributed by atoms with Gasteiger partial charge in [0.15, 0.2) is 0 Å². The zero-order chi connectivity index (χ0) is 14.5. The van der Waals surface area contributed by atoms with E-state index in [1.54, 1.807) is 18.4 Å². The molecule has 0 spiro atoms. The Morgan fingerprint density at radius 2 is 2.25 bits per heavy atom. The zero-order valence-corrected chi connectivity index (χ0v) is 13.5. The Morgan fingerprint density at radius 1 is 1.55 bits per heavy atom. The highest BCUT2D eigenvalue weighted by Gasteiger charge is 2.23. The van der Waals surface area contributed by atoms with E-state index >= 15 is 0 Å². The maximum absolute atomic E-state index is 11.7. The van der Waals surface area contributed by atoms with E-state index in [0.29, 0.717) is 12.1 Å². The van der Waals surface area contributed by atoms with Crippen LogP contribution in [0, 0.1) is 0 Å². The summed E-state index contributed by atoms with van der Waals surface area (Å²) in [6, 6.07) is 4.77. The predicted molar refractivity (Wildman–Crippen MR) is 82.4 cm³/mol. The first kappa shape index (κ1) is 15.8. The van der Waals surface area contributed by atoms with Crippen molar-refractivity contribution < 1.29 is 9.53 Å². The third-order valence-corrected chi connectivity index (χ3v) is 5.04. The number of carbonyl (C=O) groups is 1. The number of thiophene rings is 1. The third-order valence-electron chi connectivity index (χ3n) is 3.62. The monoisotopic (exact) mass is 316 g/mol. The minimum Gasteiger partial charge on any atom is -0.375 e. The summed E-state index contributed by atoms with van der Waals surface area (Å²) in [6.45, 7) is 3.95. The number of amides is 1. The van der Waals surface area contributed by atoms with Gasteiger partial charge in [-0.15, -0.1) is 11.3 Å². The smallest absolute Gasteiger partial charge is 0.248 e. The Hall–Kier alpha value is -0.620. The number of halogens is 1. The van der Waals surface area contributed by atoms with Crippen molar-refractivity contribution >= 4 is 28.8 Å². The molecule has 1 atom stereocenters. The van der Waals surface area contributed by atoms with Gasteiger partial charge >= 0.3 is 0 Å². The van der Waals surface area contributed by atoms with E-state index in [4.69, 9.17) is 16.3 Å². The second kappa shape index (κ2) is 7.41. The van der Waals surface area contributed by atoms with E-state index in [2.05, 4.69) is 18.3 Å². The lowest BCUT2D eigenvalue weighted by atomic mass is 10.0. The van der Waals surface area contributed by atoms with Crippen LogP contribution in [-0.4, -0.2) is 43.7 Å². The van der Waals surface area contributed by atoms with Gasteiger partial charge < -0.3 is 15.0 Å². The number of piperidine rings is 1. The number of methoxy groups -OCH3 is 1. The molecule has 0 aromatic carbocycles. The Labute approximate surface area is 129 Å². The summed E-state index contributed by atoms with van der Waals surface area (Å²) in [5, 5.41) is 3.62. The molecule has 0 saturated carbocycles. The van der Waals surface area contributed by atoms with Gasteiger partial charge in [-0.3, -0.25) is 4.79 Å². The van der Waals surface area contributed by atoms with Crippen LogP contribution in [-0.2, 0) is 9.53 Å². The molecule has 1 aliphatic rings. The van der Waals surface area contributed by atoms with E-state index < -0.39 is 0 Å². The molecule has 1 aromatic rings. The minimum absolute atomic E-state index is 0.0871. The van der Waals surface area contributed by atoms with Gasteiger partial charge in [-0.2, -0.15) is 0 Å². The third kappa shape index (κ3) is 4.19. The molecule has 20 heavy (non-hydrogen) atoms. The second-order valence-electron chi connectivity index (χ2n) is 5.12. The molecule has 1 saturated heterocycles. The molecule has 6 heteroatoms. The summed E-state index contributed by atoms with van der Waals surface area (Å²) in [5.74, 6) is 0.0871. The van der Waals surface area contributed by atoms with Crippen LogP contribution in [0.5, 0.6) is 0 Å². The summed E-state index contributed by atoms with van der Waals surface area (Å²) in [5.41, 5.74) is 0. The SMILES string of the molecule is COCC(=O)N1CCC(NC(C)c2ccc(Cl)s2)CC1. The first-order valence-corrected chi connectivity index (χ1v) is 8.07. The Kier molecular flexibility index (Phi) is 5.84. The van der Waals surface area contributed by atoms with Gasteiger partial charge in [0.25, 0.3) is 0 Å². The molecule has 1 aromatic heterocycles. The molecule has 1 unspecified atom stereocenters. The quantitative estimate of drug-likeness (QED) is 0.908. The van der Waals surface area contributed by atoms with Gasteiger partial charge in [0.2, 0.25) is 5.91 Å². The van der Waals surface area contributed by atoms with Crippen LogP contribution < -0.4 is 5.32 Å². The van der Waals surface area contributed by atoms with Gasteiger partial charge in [0.1, 0.15) is 6.61 Å². The first-order valence-electron chi connectivity index (χ1n) is 6.88. The lowest BCUT2D eigenvalue weighted by Crippen LogP contribution is -2.46. The highest BCUT2D eigenvalue weighted by atomic mass is 35.5. The van der Waals surface area contributed by atoms with Crippen molar-refractivity contribution in [3.05, 3.63) is 21.3 Å². The summed E-state index contributed by atoms with van der Waals surface area (Å²) in [6.07, 6.45) is 1.97. The number of ether oxygens (including phenoxy) is 1. The number of nitrogens with zero attached hydrogens (tertiary/aromatic N) is 1. The second-order valence-corrected chi connectivity index (χ2v) is 6.86. The molecule has 0 aliphatic carbocycles. The maximum atomic E-state index is 11.7. The standard InChI is InChI=1S/C14H21ClN2O2S/c1-10(12-3-4-13(15)20-12)16-11-5-7-17(8-6-11)14(18)9-19-2/h3-4,10-11,16H,5-9H2,1-2H3. The normalized spacial score (nSPS) is 18.2. The summed E-state index contributed by atoms with van der Waals surface area (Å²) >= 11 is 7.58. The van der Waals surface area contributed by atoms with Gasteiger partial charge in [0, 0.05) is 37.2 Å². The highest BCUT2D eigenvalue weighted by Crippen LogP contribution is 2.27. The summed E-state index contributed by atoms with van der Waals surface area (Å²) in [4.78, 5) is 14.9. The van der Waals surface area contributed by atoms with E-state index in [0.717, 1.165) is 30.3 Å². The van der Waals surface area contributed by atoms with Crippen LogP contribution in [0.25, 0.3) is 0 Å². The average Bonchev–Trinajstić information content (AvgIpc) is 2.86. The Morgan fingerprint density at radius 3 is 2.80 bits per heavy atom. The molecular weight excluding hydrogens is 296 g/mol. The van der Waals surface area contributed by atoms with Gasteiger partial charge in [-0.25, -0.2) is 0 Å². The van der Waals surface area contributed by atoms with Crippen molar-refractivity contribution in [1.29, 1.82) is 0 Å². The molecule has 0 bridgehead atoms. The number of likely N-dealkylation sites (tertiary alicyclic amines) is 1. The van der Waals surface area contributed by atoms with Crippen molar-refractivity contribution in [3.63, 3.8) is 0 Å².